The SMILES string of the molecule is COC1=C(OC)[C@H](OC(C)=O)[C@H](C/C=C(\C)CC/C=C(\C)C/C=C/C(C)(C)O)CC1=O. The lowest BCUT2D eigenvalue weighted by molar-refractivity contribution is -0.151. The summed E-state index contributed by atoms with van der Waals surface area (Å²) in [5, 5.41) is 9.71. The van der Waals surface area contributed by atoms with E-state index in [2.05, 4.69) is 26.0 Å². The van der Waals surface area contributed by atoms with Crippen molar-refractivity contribution >= 4 is 11.8 Å². The van der Waals surface area contributed by atoms with Gasteiger partial charge in [0.25, 0.3) is 0 Å². The van der Waals surface area contributed by atoms with Crippen molar-refractivity contribution in [3.05, 3.63) is 47.0 Å². The van der Waals surface area contributed by atoms with E-state index >= 15 is 0 Å². The third-order valence-corrected chi connectivity index (χ3v) is 5.09. The molecule has 2 atom stereocenters. The molecular formula is C25H38O6. The van der Waals surface area contributed by atoms with Gasteiger partial charge in [0.05, 0.1) is 19.8 Å². The van der Waals surface area contributed by atoms with Gasteiger partial charge >= 0.3 is 5.97 Å². The van der Waals surface area contributed by atoms with Gasteiger partial charge < -0.3 is 19.3 Å². The molecule has 31 heavy (non-hydrogen) atoms. The van der Waals surface area contributed by atoms with Gasteiger partial charge in [-0.15, -0.1) is 0 Å². The van der Waals surface area contributed by atoms with E-state index in [0.29, 0.717) is 6.42 Å². The van der Waals surface area contributed by atoms with Crippen molar-refractivity contribution in [3.63, 3.8) is 0 Å². The number of Topliss-reactive ketones (excluding diaryl/α,β-unsaturated/α-hetero) is 1. The van der Waals surface area contributed by atoms with Crippen LogP contribution in [0, 0.1) is 5.92 Å². The molecule has 0 aliphatic heterocycles. The molecule has 0 fully saturated rings. The summed E-state index contributed by atoms with van der Waals surface area (Å²) >= 11 is 0. The molecule has 0 aromatic carbocycles. The molecule has 0 radical (unpaired) electrons. The van der Waals surface area contributed by atoms with E-state index in [-0.39, 0.29) is 29.6 Å². The molecule has 174 valence electrons. The molecule has 0 aromatic heterocycles. The molecule has 0 saturated carbocycles. The number of carbonyl (C=O) groups excluding carboxylic acids is 2. The van der Waals surface area contributed by atoms with E-state index < -0.39 is 17.7 Å². The second-order valence-corrected chi connectivity index (χ2v) is 8.65. The highest BCUT2D eigenvalue weighted by atomic mass is 16.6. The van der Waals surface area contributed by atoms with Gasteiger partial charge in [0, 0.05) is 19.3 Å². The van der Waals surface area contributed by atoms with Crippen molar-refractivity contribution in [2.45, 2.75) is 78.4 Å². The lowest BCUT2D eigenvalue weighted by Crippen LogP contribution is -2.37. The Kier molecular flexibility index (Phi) is 10.8. The van der Waals surface area contributed by atoms with E-state index in [1.807, 2.05) is 6.08 Å². The minimum absolute atomic E-state index is 0.130. The average Bonchev–Trinajstić information content (AvgIpc) is 2.66. The third kappa shape index (κ3) is 9.55. The van der Waals surface area contributed by atoms with Crippen molar-refractivity contribution in [2.75, 3.05) is 14.2 Å². The number of methoxy groups -OCH3 is 2. The molecule has 0 heterocycles. The van der Waals surface area contributed by atoms with Crippen LogP contribution in [0.25, 0.3) is 0 Å². The van der Waals surface area contributed by atoms with Crippen molar-refractivity contribution < 1.29 is 28.9 Å². The molecule has 1 rings (SSSR count). The largest absolute Gasteiger partial charge is 0.493 e. The molecule has 0 amide bonds. The molecular weight excluding hydrogens is 396 g/mol. The molecule has 0 bridgehead atoms. The Balaban J connectivity index is 2.74. The number of ether oxygens (including phenoxy) is 3. The normalized spacial score (nSPS) is 21.0. The fraction of sp³-hybridized carbons (Fsp3) is 0.600. The summed E-state index contributed by atoms with van der Waals surface area (Å²) in [5.41, 5.74) is 1.68. The second-order valence-electron chi connectivity index (χ2n) is 8.65. The lowest BCUT2D eigenvalue weighted by atomic mass is 9.85. The van der Waals surface area contributed by atoms with Gasteiger partial charge in [0.1, 0.15) is 0 Å². The van der Waals surface area contributed by atoms with Crippen LogP contribution in [-0.4, -0.2) is 42.8 Å². The van der Waals surface area contributed by atoms with Crippen LogP contribution in [0.4, 0.5) is 0 Å². The summed E-state index contributed by atoms with van der Waals surface area (Å²) in [7, 11) is 2.87. The molecule has 0 spiro atoms. The Morgan fingerprint density at radius 1 is 1.13 bits per heavy atom. The van der Waals surface area contributed by atoms with Crippen LogP contribution < -0.4 is 0 Å². The Morgan fingerprint density at radius 3 is 2.35 bits per heavy atom. The van der Waals surface area contributed by atoms with Crippen LogP contribution in [-0.2, 0) is 23.8 Å². The van der Waals surface area contributed by atoms with Crippen LogP contribution >= 0.6 is 0 Å². The van der Waals surface area contributed by atoms with Gasteiger partial charge in [0.15, 0.2) is 11.9 Å². The predicted molar refractivity (Wildman–Crippen MR) is 121 cm³/mol. The molecule has 6 heteroatoms. The van der Waals surface area contributed by atoms with Gasteiger partial charge in [0.2, 0.25) is 11.5 Å². The highest BCUT2D eigenvalue weighted by molar-refractivity contribution is 5.95. The van der Waals surface area contributed by atoms with E-state index in [9.17, 15) is 14.7 Å². The highest BCUT2D eigenvalue weighted by Crippen LogP contribution is 2.33. The minimum Gasteiger partial charge on any atom is -0.493 e. The van der Waals surface area contributed by atoms with Crippen molar-refractivity contribution in [2.24, 2.45) is 5.92 Å². The van der Waals surface area contributed by atoms with E-state index in [0.717, 1.165) is 19.3 Å². The Hall–Kier alpha value is -2.34. The number of aliphatic hydroxyl groups is 1. The first kappa shape index (κ1) is 26.7. The van der Waals surface area contributed by atoms with Gasteiger partial charge in [-0.3, -0.25) is 9.59 Å². The fourth-order valence-electron chi connectivity index (χ4n) is 3.49. The van der Waals surface area contributed by atoms with E-state index in [1.54, 1.807) is 19.9 Å². The number of allylic oxidation sites excluding steroid dienone is 6. The third-order valence-electron chi connectivity index (χ3n) is 5.09. The monoisotopic (exact) mass is 434 g/mol. The standard InChI is InChI=1S/C25H38O6/c1-17(12-9-15-25(4,5)28)10-8-11-18(2)13-14-20-16-21(27)23(29-6)24(30-7)22(20)31-19(3)26/h9-10,13,15,20,22,28H,8,11-12,14,16H2,1-7H3/b15-9+,17-10+,18-13+/t20-,22-/m1/s1. The van der Waals surface area contributed by atoms with Crippen LogP contribution in [0.2, 0.25) is 0 Å². The number of ketones is 1. The molecule has 6 nitrogen and oxygen atoms in total. The Bertz CT molecular complexity index is 748. The Morgan fingerprint density at radius 2 is 1.81 bits per heavy atom. The topological polar surface area (TPSA) is 82.1 Å². The molecule has 1 aliphatic rings. The number of hydrogen-bond acceptors (Lipinski definition) is 6. The maximum atomic E-state index is 12.4. The van der Waals surface area contributed by atoms with Gasteiger partial charge in [-0.25, -0.2) is 0 Å². The Labute approximate surface area is 186 Å². The quantitative estimate of drug-likeness (QED) is 0.372. The number of rotatable bonds is 11. The lowest BCUT2D eigenvalue weighted by Gasteiger charge is -2.31. The van der Waals surface area contributed by atoms with Crippen LogP contribution in [0.1, 0.15) is 66.7 Å². The number of hydrogen-bond donors (Lipinski definition) is 1. The van der Waals surface area contributed by atoms with Crippen LogP contribution in [0.15, 0.2) is 47.0 Å². The summed E-state index contributed by atoms with van der Waals surface area (Å²) in [6.07, 6.45) is 10.9. The average molecular weight is 435 g/mol. The van der Waals surface area contributed by atoms with Gasteiger partial charge in [-0.2, -0.15) is 0 Å². The predicted octanol–water partition coefficient (Wildman–Crippen LogP) is 4.79. The minimum atomic E-state index is -0.786. The molecule has 1 N–H and O–H groups in total. The first-order chi connectivity index (χ1) is 14.5. The molecule has 1 aliphatic carbocycles. The second kappa shape index (κ2) is 12.5. The summed E-state index contributed by atoms with van der Waals surface area (Å²) < 4.78 is 16.0. The first-order valence-electron chi connectivity index (χ1n) is 10.7. The van der Waals surface area contributed by atoms with E-state index in [1.165, 1.54) is 32.3 Å². The fourth-order valence-corrected chi connectivity index (χ4v) is 3.49. The summed E-state index contributed by atoms with van der Waals surface area (Å²) in [4.78, 5) is 24.0. The smallest absolute Gasteiger partial charge is 0.303 e. The van der Waals surface area contributed by atoms with Gasteiger partial charge in [-0.1, -0.05) is 35.5 Å². The zero-order chi connectivity index (χ0) is 23.6. The summed E-state index contributed by atoms with van der Waals surface area (Å²) in [5.74, 6) is -0.345. The molecule has 0 saturated heterocycles. The summed E-state index contributed by atoms with van der Waals surface area (Å²) in [6, 6.07) is 0. The molecule has 0 aromatic rings. The number of carbonyl (C=O) groups is 2. The first-order valence-corrected chi connectivity index (χ1v) is 10.7. The van der Waals surface area contributed by atoms with Crippen LogP contribution in [0.3, 0.4) is 0 Å². The van der Waals surface area contributed by atoms with Crippen molar-refractivity contribution in [3.8, 4) is 0 Å². The van der Waals surface area contributed by atoms with Crippen LogP contribution in [0.5, 0.6) is 0 Å². The van der Waals surface area contributed by atoms with E-state index in [4.69, 9.17) is 14.2 Å². The summed E-state index contributed by atoms with van der Waals surface area (Å²) in [6.45, 7) is 9.00. The zero-order valence-electron chi connectivity index (χ0n) is 20.0. The highest BCUT2D eigenvalue weighted by Gasteiger charge is 2.40. The zero-order valence-corrected chi connectivity index (χ0v) is 20.0. The molecule has 0 unspecified atom stereocenters. The maximum Gasteiger partial charge on any atom is 0.303 e. The number of esters is 1. The maximum absolute atomic E-state index is 12.4. The van der Waals surface area contributed by atoms with Crippen molar-refractivity contribution in [1.82, 2.24) is 0 Å². The van der Waals surface area contributed by atoms with Crippen molar-refractivity contribution in [1.29, 1.82) is 0 Å². The van der Waals surface area contributed by atoms with Gasteiger partial charge in [-0.05, 0) is 53.4 Å².